The number of anilines is 1. The van der Waals surface area contributed by atoms with Gasteiger partial charge in [-0.25, -0.2) is 0 Å². The molecule has 4 heteroatoms. The number of pyridine rings is 1. The van der Waals surface area contributed by atoms with E-state index >= 15 is 0 Å². The summed E-state index contributed by atoms with van der Waals surface area (Å²) in [6.45, 7) is 1.72. The molecule has 0 unspecified atom stereocenters. The van der Waals surface area contributed by atoms with Crippen LogP contribution in [0.3, 0.4) is 0 Å². The van der Waals surface area contributed by atoms with Crippen LogP contribution in [0.2, 0.25) is 0 Å². The van der Waals surface area contributed by atoms with Crippen LogP contribution < -0.4 is 10.5 Å². The third-order valence-electron chi connectivity index (χ3n) is 1.25. The molecule has 0 amide bonds. The van der Waals surface area contributed by atoms with Crippen LogP contribution in [0, 0.1) is 0 Å². The van der Waals surface area contributed by atoms with Crippen LogP contribution in [-0.2, 0) is 4.79 Å². The van der Waals surface area contributed by atoms with Crippen LogP contribution >= 0.6 is 0 Å². The maximum absolute atomic E-state index is 10.8. The van der Waals surface area contributed by atoms with E-state index in [1.165, 1.54) is 0 Å². The molecule has 0 aliphatic rings. The molecule has 1 heterocycles. The fraction of sp³-hybridized carbons (Fsp3) is 0.250. The molecule has 0 aliphatic heterocycles. The average Bonchev–Trinajstić information content (AvgIpc) is 2.04. The van der Waals surface area contributed by atoms with Crippen LogP contribution in [0.1, 0.15) is 13.3 Å². The van der Waals surface area contributed by atoms with Gasteiger partial charge in [0.25, 0.3) is 0 Å². The number of aromatic nitrogens is 1. The van der Waals surface area contributed by atoms with Crippen LogP contribution in [0.4, 0.5) is 5.82 Å². The summed E-state index contributed by atoms with van der Waals surface area (Å²) < 4.78 is 4.81. The highest BCUT2D eigenvalue weighted by molar-refractivity contribution is 5.71. The number of nitrogen functional groups attached to an aromatic ring is 1. The van der Waals surface area contributed by atoms with Crippen LogP contribution in [0.5, 0.6) is 5.88 Å². The quantitative estimate of drug-likeness (QED) is 0.665. The zero-order valence-electron chi connectivity index (χ0n) is 6.78. The molecule has 0 saturated heterocycles. The van der Waals surface area contributed by atoms with Gasteiger partial charge in [-0.05, 0) is 6.07 Å². The first-order valence-electron chi connectivity index (χ1n) is 3.65. The van der Waals surface area contributed by atoms with Gasteiger partial charge in [0.1, 0.15) is 5.82 Å². The minimum Gasteiger partial charge on any atom is -0.407 e. The maximum atomic E-state index is 10.8. The first-order chi connectivity index (χ1) is 5.72. The highest BCUT2D eigenvalue weighted by Gasteiger charge is 2.01. The van der Waals surface area contributed by atoms with E-state index in [1.807, 2.05) is 0 Å². The van der Waals surface area contributed by atoms with Gasteiger partial charge in [-0.1, -0.05) is 13.0 Å². The number of hydrogen-bond acceptors (Lipinski definition) is 4. The number of rotatable bonds is 2. The van der Waals surface area contributed by atoms with Gasteiger partial charge in [0, 0.05) is 12.5 Å². The number of carbonyl (C=O) groups excluding carboxylic acids is 1. The fourth-order valence-corrected chi connectivity index (χ4v) is 0.676. The second-order valence-electron chi connectivity index (χ2n) is 2.23. The van der Waals surface area contributed by atoms with Crippen molar-refractivity contribution in [2.45, 2.75) is 13.3 Å². The van der Waals surface area contributed by atoms with E-state index in [1.54, 1.807) is 25.1 Å². The van der Waals surface area contributed by atoms with E-state index < -0.39 is 0 Å². The van der Waals surface area contributed by atoms with Crippen LogP contribution in [0.25, 0.3) is 0 Å². The molecule has 1 aromatic rings. The molecule has 12 heavy (non-hydrogen) atoms. The van der Waals surface area contributed by atoms with Gasteiger partial charge in [0.2, 0.25) is 5.88 Å². The second kappa shape index (κ2) is 3.71. The van der Waals surface area contributed by atoms with Crippen molar-refractivity contribution in [3.63, 3.8) is 0 Å². The minimum atomic E-state index is -0.312. The Bertz CT molecular complexity index is 286. The molecule has 0 atom stereocenters. The maximum Gasteiger partial charge on any atom is 0.312 e. The Morgan fingerprint density at radius 2 is 2.42 bits per heavy atom. The van der Waals surface area contributed by atoms with Crippen LogP contribution in [-0.4, -0.2) is 11.0 Å². The topological polar surface area (TPSA) is 65.2 Å². The molecule has 4 nitrogen and oxygen atoms in total. The first-order valence-corrected chi connectivity index (χ1v) is 3.65. The summed E-state index contributed by atoms with van der Waals surface area (Å²) in [6.07, 6.45) is 0.330. The second-order valence-corrected chi connectivity index (χ2v) is 2.23. The molecule has 0 saturated carbocycles. The van der Waals surface area contributed by atoms with E-state index in [-0.39, 0.29) is 11.8 Å². The van der Waals surface area contributed by atoms with Gasteiger partial charge < -0.3 is 10.5 Å². The van der Waals surface area contributed by atoms with Crippen molar-refractivity contribution in [1.82, 2.24) is 4.98 Å². The van der Waals surface area contributed by atoms with Gasteiger partial charge in [-0.2, -0.15) is 4.98 Å². The van der Waals surface area contributed by atoms with E-state index in [4.69, 9.17) is 10.5 Å². The molecule has 0 fully saturated rings. The molecule has 0 bridgehead atoms. The Hall–Kier alpha value is -1.58. The summed E-state index contributed by atoms with van der Waals surface area (Å²) in [5.41, 5.74) is 5.37. The first kappa shape index (κ1) is 8.52. The molecular formula is C8H10N2O2. The molecule has 2 N–H and O–H groups in total. The monoisotopic (exact) mass is 166 g/mol. The standard InChI is InChI=1S/C8H10N2O2/c1-2-8(11)12-7-5-3-4-6(9)10-7/h3-5H,2H2,1H3,(H2,9,10). The lowest BCUT2D eigenvalue weighted by Gasteiger charge is -2.00. The number of nitrogens with two attached hydrogens (primary N) is 1. The zero-order chi connectivity index (χ0) is 8.97. The number of ether oxygens (including phenoxy) is 1. The van der Waals surface area contributed by atoms with Crippen molar-refractivity contribution in [3.8, 4) is 5.88 Å². The third kappa shape index (κ3) is 2.23. The van der Waals surface area contributed by atoms with Gasteiger partial charge in [-0.3, -0.25) is 4.79 Å². The lowest BCUT2D eigenvalue weighted by Crippen LogP contribution is -2.07. The molecule has 1 aromatic heterocycles. The van der Waals surface area contributed by atoms with Crippen molar-refractivity contribution < 1.29 is 9.53 Å². The molecule has 1 rings (SSSR count). The minimum absolute atomic E-state index is 0.252. The number of nitrogens with zero attached hydrogens (tertiary/aromatic N) is 1. The number of carbonyl (C=O) groups is 1. The van der Waals surface area contributed by atoms with Crippen LogP contribution in [0.15, 0.2) is 18.2 Å². The summed E-state index contributed by atoms with van der Waals surface area (Å²) in [5, 5.41) is 0. The highest BCUT2D eigenvalue weighted by atomic mass is 16.5. The predicted molar refractivity (Wildman–Crippen MR) is 44.6 cm³/mol. The van der Waals surface area contributed by atoms with E-state index in [0.717, 1.165) is 0 Å². The number of esters is 1. The molecular weight excluding hydrogens is 156 g/mol. The summed E-state index contributed by atoms with van der Waals surface area (Å²) in [7, 11) is 0. The predicted octanol–water partition coefficient (Wildman–Crippen LogP) is 0.979. The summed E-state index contributed by atoms with van der Waals surface area (Å²) in [5.74, 6) is 0.284. The third-order valence-corrected chi connectivity index (χ3v) is 1.25. The van der Waals surface area contributed by atoms with E-state index in [0.29, 0.717) is 12.2 Å². The molecule has 0 radical (unpaired) electrons. The van der Waals surface area contributed by atoms with Crippen molar-refractivity contribution in [1.29, 1.82) is 0 Å². The lowest BCUT2D eigenvalue weighted by molar-refractivity contribution is -0.134. The largest absolute Gasteiger partial charge is 0.407 e. The van der Waals surface area contributed by atoms with Gasteiger partial charge in [0.05, 0.1) is 0 Å². The molecule has 0 aliphatic carbocycles. The summed E-state index contributed by atoms with van der Waals surface area (Å²) >= 11 is 0. The van der Waals surface area contributed by atoms with Crippen molar-refractivity contribution in [2.24, 2.45) is 0 Å². The fourth-order valence-electron chi connectivity index (χ4n) is 0.676. The Morgan fingerprint density at radius 3 is 3.00 bits per heavy atom. The SMILES string of the molecule is CCC(=O)Oc1cccc(N)n1. The number of hydrogen-bond donors (Lipinski definition) is 1. The smallest absolute Gasteiger partial charge is 0.312 e. The summed E-state index contributed by atoms with van der Waals surface area (Å²) in [4.78, 5) is 14.6. The van der Waals surface area contributed by atoms with Gasteiger partial charge >= 0.3 is 5.97 Å². The summed E-state index contributed by atoms with van der Waals surface area (Å²) in [6, 6.07) is 4.90. The Morgan fingerprint density at radius 1 is 1.67 bits per heavy atom. The van der Waals surface area contributed by atoms with Crippen molar-refractivity contribution in [3.05, 3.63) is 18.2 Å². The molecule has 64 valence electrons. The van der Waals surface area contributed by atoms with Gasteiger partial charge in [-0.15, -0.1) is 0 Å². The normalized spacial score (nSPS) is 9.42. The van der Waals surface area contributed by atoms with E-state index in [2.05, 4.69) is 4.98 Å². The zero-order valence-corrected chi connectivity index (χ0v) is 6.78. The molecule has 0 aromatic carbocycles. The van der Waals surface area contributed by atoms with Crippen molar-refractivity contribution >= 4 is 11.8 Å². The highest BCUT2D eigenvalue weighted by Crippen LogP contribution is 2.08. The Balaban J connectivity index is 2.69. The lowest BCUT2D eigenvalue weighted by atomic mass is 10.4. The van der Waals surface area contributed by atoms with Crippen molar-refractivity contribution in [2.75, 3.05) is 5.73 Å². The Kier molecular flexibility index (Phi) is 2.63. The molecule has 0 spiro atoms. The Labute approximate surface area is 70.4 Å². The average molecular weight is 166 g/mol. The van der Waals surface area contributed by atoms with Gasteiger partial charge in [0.15, 0.2) is 0 Å². The van der Waals surface area contributed by atoms with E-state index in [9.17, 15) is 4.79 Å².